The Morgan fingerprint density at radius 2 is 1.34 bits per heavy atom. The Kier molecular flexibility index (Phi) is 14.4. The summed E-state index contributed by atoms with van der Waals surface area (Å²) < 4.78 is 26.0. The number of benzene rings is 1. The molecule has 38 heavy (non-hydrogen) atoms. The fourth-order valence-electron chi connectivity index (χ4n) is 3.00. The first-order chi connectivity index (χ1) is 17.9. The number of hydrogen-bond donors (Lipinski definition) is 1. The highest BCUT2D eigenvalue weighted by molar-refractivity contribution is 5.79. The van der Waals surface area contributed by atoms with E-state index in [1.165, 1.54) is 7.11 Å². The predicted octanol–water partition coefficient (Wildman–Crippen LogP) is 4.32. The molecular weight excluding hydrogens is 494 g/mol. The molecule has 214 valence electrons. The van der Waals surface area contributed by atoms with Crippen LogP contribution in [0.4, 0.5) is 4.79 Å². The molecule has 10 heteroatoms. The lowest BCUT2D eigenvalue weighted by atomic mass is 9.98. The Balaban J connectivity index is 3.08. The highest BCUT2D eigenvalue weighted by Crippen LogP contribution is 2.31. The summed E-state index contributed by atoms with van der Waals surface area (Å²) in [6.45, 7) is 13.5. The molecule has 0 saturated carbocycles. The zero-order valence-corrected chi connectivity index (χ0v) is 23.8. The number of methoxy groups -OCH3 is 1. The molecule has 1 aromatic rings. The van der Waals surface area contributed by atoms with E-state index in [2.05, 4.69) is 5.32 Å². The number of nitrogens with one attached hydrogen (secondary N) is 1. The van der Waals surface area contributed by atoms with Crippen molar-refractivity contribution in [2.75, 3.05) is 26.9 Å². The Morgan fingerprint density at radius 1 is 0.789 bits per heavy atom. The van der Waals surface area contributed by atoms with Crippen LogP contribution in [0.5, 0.6) is 11.5 Å². The molecule has 0 aliphatic heterocycles. The van der Waals surface area contributed by atoms with Crippen molar-refractivity contribution in [2.45, 2.75) is 67.3 Å². The van der Waals surface area contributed by atoms with E-state index < -0.39 is 30.1 Å². The molecule has 3 atom stereocenters. The van der Waals surface area contributed by atoms with Gasteiger partial charge in [-0.15, -0.1) is 0 Å². The third-order valence-electron chi connectivity index (χ3n) is 6.24. The van der Waals surface area contributed by atoms with Crippen LogP contribution in [0.25, 0.3) is 0 Å². The second-order valence-corrected chi connectivity index (χ2v) is 9.87. The summed E-state index contributed by atoms with van der Waals surface area (Å²) in [4.78, 5) is 49.2. The molecule has 1 aromatic carbocycles. The summed E-state index contributed by atoms with van der Waals surface area (Å²) in [6, 6.07) is 4.03. The number of carbonyl (C=O) groups excluding carboxylic acids is 4. The monoisotopic (exact) mass is 537 g/mol. The van der Waals surface area contributed by atoms with E-state index in [-0.39, 0.29) is 61.3 Å². The Labute approximate surface area is 225 Å². The fraction of sp³-hybridized carbons (Fsp3) is 0.643. The summed E-state index contributed by atoms with van der Waals surface area (Å²) in [6.07, 6.45) is 0.0795. The van der Waals surface area contributed by atoms with Gasteiger partial charge in [-0.05, 0) is 42.4 Å². The SMILES string of the molecule is CCCOC(=O)OCCN[C@@H](Cc1ccc(OC(=O)C(C)C(C)C)c(OC(=O)C(C)C(C)C)c1)C(=O)OC. The second kappa shape index (κ2) is 16.7. The minimum atomic E-state index is -0.776. The Bertz CT molecular complexity index is 929. The van der Waals surface area contributed by atoms with Crippen LogP contribution in [0.15, 0.2) is 18.2 Å². The minimum Gasteiger partial charge on any atom is -0.468 e. The van der Waals surface area contributed by atoms with Gasteiger partial charge in [0.05, 0.1) is 25.6 Å². The van der Waals surface area contributed by atoms with Crippen molar-refractivity contribution in [3.8, 4) is 11.5 Å². The first kappa shape index (κ1) is 32.9. The highest BCUT2D eigenvalue weighted by atomic mass is 16.7. The van der Waals surface area contributed by atoms with E-state index in [1.807, 2.05) is 34.6 Å². The van der Waals surface area contributed by atoms with Gasteiger partial charge in [-0.25, -0.2) is 4.79 Å². The van der Waals surface area contributed by atoms with E-state index in [9.17, 15) is 19.2 Å². The topological polar surface area (TPSA) is 126 Å². The highest BCUT2D eigenvalue weighted by Gasteiger charge is 2.25. The van der Waals surface area contributed by atoms with Crippen LogP contribution < -0.4 is 14.8 Å². The van der Waals surface area contributed by atoms with Gasteiger partial charge in [-0.1, -0.05) is 54.5 Å². The van der Waals surface area contributed by atoms with E-state index in [4.69, 9.17) is 23.7 Å². The van der Waals surface area contributed by atoms with Gasteiger partial charge < -0.3 is 29.0 Å². The molecule has 0 saturated heterocycles. The summed E-state index contributed by atoms with van der Waals surface area (Å²) >= 11 is 0. The van der Waals surface area contributed by atoms with Gasteiger partial charge in [-0.2, -0.15) is 0 Å². The summed E-state index contributed by atoms with van der Waals surface area (Å²) in [7, 11) is 1.27. The molecule has 0 aromatic heterocycles. The molecule has 0 amide bonds. The third-order valence-corrected chi connectivity index (χ3v) is 6.24. The summed E-state index contributed by atoms with van der Waals surface area (Å²) in [5, 5.41) is 3.00. The smallest absolute Gasteiger partial charge is 0.468 e. The molecule has 10 nitrogen and oxygen atoms in total. The molecule has 0 bridgehead atoms. The molecular formula is C28H43NO9. The van der Waals surface area contributed by atoms with Crippen LogP contribution in [-0.4, -0.2) is 57.0 Å². The van der Waals surface area contributed by atoms with Gasteiger partial charge in [-0.3, -0.25) is 14.4 Å². The molecule has 2 unspecified atom stereocenters. The Morgan fingerprint density at radius 3 is 1.87 bits per heavy atom. The first-order valence-electron chi connectivity index (χ1n) is 13.1. The second-order valence-electron chi connectivity index (χ2n) is 9.87. The van der Waals surface area contributed by atoms with Crippen molar-refractivity contribution < 1.29 is 42.9 Å². The van der Waals surface area contributed by atoms with E-state index in [0.29, 0.717) is 12.0 Å². The number of rotatable bonds is 15. The van der Waals surface area contributed by atoms with Crippen LogP contribution in [0.2, 0.25) is 0 Å². The van der Waals surface area contributed by atoms with Crippen molar-refractivity contribution in [3.63, 3.8) is 0 Å². The molecule has 0 radical (unpaired) electrons. The molecule has 0 aliphatic carbocycles. The minimum absolute atomic E-state index is 0.00504. The Hall–Kier alpha value is -3.14. The quantitative estimate of drug-likeness (QED) is 0.196. The van der Waals surface area contributed by atoms with Crippen LogP contribution in [-0.2, 0) is 35.0 Å². The average molecular weight is 538 g/mol. The number of hydrogen-bond acceptors (Lipinski definition) is 10. The van der Waals surface area contributed by atoms with Gasteiger partial charge >= 0.3 is 24.1 Å². The number of esters is 3. The van der Waals surface area contributed by atoms with Gasteiger partial charge in [0, 0.05) is 6.54 Å². The number of carbonyl (C=O) groups is 4. The maximum absolute atomic E-state index is 12.7. The van der Waals surface area contributed by atoms with Gasteiger partial charge in [0.1, 0.15) is 12.6 Å². The van der Waals surface area contributed by atoms with Crippen molar-refractivity contribution in [2.24, 2.45) is 23.7 Å². The standard InChI is InChI=1S/C28H43NO9/c1-9-13-35-28(33)36-14-12-29-22(27(32)34-8)15-21-10-11-23(37-25(30)19(6)17(2)3)24(16-21)38-26(31)20(7)18(4)5/h10-11,16-20,22,29H,9,12-15H2,1-8H3/t19?,20?,22-/m0/s1. The average Bonchev–Trinajstić information content (AvgIpc) is 2.88. The van der Waals surface area contributed by atoms with E-state index >= 15 is 0 Å². The largest absolute Gasteiger partial charge is 0.508 e. The maximum Gasteiger partial charge on any atom is 0.508 e. The van der Waals surface area contributed by atoms with Crippen molar-refractivity contribution in [3.05, 3.63) is 23.8 Å². The molecule has 0 aliphatic rings. The normalized spacial score (nSPS) is 13.4. The zero-order chi connectivity index (χ0) is 28.8. The lowest BCUT2D eigenvalue weighted by Crippen LogP contribution is -2.41. The van der Waals surface area contributed by atoms with Gasteiger partial charge in [0.2, 0.25) is 0 Å². The molecule has 1 rings (SSSR count). The third kappa shape index (κ3) is 11.1. The molecule has 0 heterocycles. The molecule has 0 spiro atoms. The fourth-order valence-corrected chi connectivity index (χ4v) is 3.00. The first-order valence-corrected chi connectivity index (χ1v) is 13.1. The maximum atomic E-state index is 12.7. The van der Waals surface area contributed by atoms with Crippen LogP contribution in [0, 0.1) is 23.7 Å². The van der Waals surface area contributed by atoms with Crippen molar-refractivity contribution >= 4 is 24.1 Å². The van der Waals surface area contributed by atoms with Crippen LogP contribution in [0.3, 0.4) is 0 Å². The zero-order valence-electron chi connectivity index (χ0n) is 23.8. The van der Waals surface area contributed by atoms with E-state index in [1.54, 1.807) is 32.0 Å². The van der Waals surface area contributed by atoms with Crippen LogP contribution >= 0.6 is 0 Å². The lowest BCUT2D eigenvalue weighted by Gasteiger charge is -2.20. The van der Waals surface area contributed by atoms with E-state index in [0.717, 1.165) is 0 Å². The van der Waals surface area contributed by atoms with Crippen molar-refractivity contribution in [1.29, 1.82) is 0 Å². The molecule has 1 N–H and O–H groups in total. The molecule has 0 fully saturated rings. The van der Waals surface area contributed by atoms with Crippen LogP contribution in [0.1, 0.15) is 60.5 Å². The predicted molar refractivity (Wildman–Crippen MR) is 141 cm³/mol. The summed E-state index contributed by atoms with van der Waals surface area (Å²) in [5.41, 5.74) is 0.632. The van der Waals surface area contributed by atoms with Gasteiger partial charge in [0.25, 0.3) is 0 Å². The number of ether oxygens (including phenoxy) is 5. The van der Waals surface area contributed by atoms with Gasteiger partial charge in [0.15, 0.2) is 11.5 Å². The van der Waals surface area contributed by atoms with Crippen molar-refractivity contribution in [1.82, 2.24) is 5.32 Å². The lowest BCUT2D eigenvalue weighted by molar-refractivity contribution is -0.143. The summed E-state index contributed by atoms with van der Waals surface area (Å²) in [5.74, 6) is -1.83.